The molecule has 0 bridgehead atoms. The molecule has 34 heavy (non-hydrogen) atoms. The monoisotopic (exact) mass is 473 g/mol. The van der Waals surface area contributed by atoms with Crippen molar-refractivity contribution in [2.75, 3.05) is 6.61 Å². The number of amides is 2. The Morgan fingerprint density at radius 3 is 1.79 bits per heavy atom. The summed E-state index contributed by atoms with van der Waals surface area (Å²) in [5.74, 6) is -0.206. The summed E-state index contributed by atoms with van der Waals surface area (Å²) in [5.41, 5.74) is -0.443. The van der Waals surface area contributed by atoms with Gasteiger partial charge in [-0.3, -0.25) is 14.4 Å². The number of carbonyl (C=O) groups is 2. The molecule has 2 fully saturated rings. The molecular weight excluding hydrogens is 430 g/mol. The molecule has 3 rings (SSSR count). The standard InChI is InChI=1S/C27H43N3O4/c1-25(2)16-22(17-26(3,4)30(25)34-18-27(5,6)33)29-24(32)20-14-12-19(13-15-20)23(31)28-21-10-8-7-9-11-21/h12-15,21-22,33H,7-11,16-18H2,1-6H3,(H,28,31)(H,29,32). The molecule has 0 radical (unpaired) electrons. The van der Waals surface area contributed by atoms with Gasteiger partial charge in [0.25, 0.3) is 11.8 Å². The van der Waals surface area contributed by atoms with E-state index in [1.807, 2.05) is 5.06 Å². The lowest BCUT2D eigenvalue weighted by Crippen LogP contribution is -2.64. The first kappa shape index (κ1) is 26.6. The molecule has 1 saturated heterocycles. The second kappa shape index (κ2) is 10.3. The molecule has 1 aliphatic carbocycles. The van der Waals surface area contributed by atoms with E-state index in [0.717, 1.165) is 25.7 Å². The molecule has 1 heterocycles. The maximum atomic E-state index is 13.0. The highest BCUT2D eigenvalue weighted by atomic mass is 16.7. The first-order valence-corrected chi connectivity index (χ1v) is 12.6. The van der Waals surface area contributed by atoms with E-state index in [9.17, 15) is 14.7 Å². The smallest absolute Gasteiger partial charge is 0.251 e. The zero-order valence-electron chi connectivity index (χ0n) is 21.7. The largest absolute Gasteiger partial charge is 0.388 e. The van der Waals surface area contributed by atoms with Gasteiger partial charge in [0.2, 0.25) is 0 Å². The Labute approximate surface area is 204 Å². The Morgan fingerprint density at radius 1 is 0.912 bits per heavy atom. The van der Waals surface area contributed by atoms with Crippen molar-refractivity contribution in [1.29, 1.82) is 0 Å². The molecular formula is C27H43N3O4. The second-order valence-electron chi connectivity index (χ2n) is 12.0. The predicted molar refractivity (Wildman–Crippen MR) is 134 cm³/mol. The van der Waals surface area contributed by atoms with Gasteiger partial charge in [-0.25, -0.2) is 0 Å². The van der Waals surface area contributed by atoms with Crippen LogP contribution < -0.4 is 10.6 Å². The number of rotatable bonds is 7. The summed E-state index contributed by atoms with van der Waals surface area (Å²) in [6, 6.07) is 7.15. The first-order chi connectivity index (χ1) is 15.8. The van der Waals surface area contributed by atoms with Gasteiger partial charge in [-0.2, -0.15) is 5.06 Å². The SMILES string of the molecule is CC(C)(O)CON1C(C)(C)CC(NC(=O)c2ccc(C(=O)NC3CCCCC3)cc2)CC1(C)C. The minimum atomic E-state index is -0.920. The quantitative estimate of drug-likeness (QED) is 0.552. The molecule has 3 N–H and O–H groups in total. The average molecular weight is 474 g/mol. The van der Waals surface area contributed by atoms with Crippen LogP contribution in [-0.4, -0.2) is 57.4 Å². The summed E-state index contributed by atoms with van der Waals surface area (Å²) in [5, 5.41) is 18.4. The van der Waals surface area contributed by atoms with Gasteiger partial charge in [0.05, 0.1) is 12.2 Å². The topological polar surface area (TPSA) is 90.9 Å². The number of nitrogens with one attached hydrogen (secondary N) is 2. The number of nitrogens with zero attached hydrogens (tertiary/aromatic N) is 1. The molecule has 0 unspecified atom stereocenters. The van der Waals surface area contributed by atoms with E-state index in [0.29, 0.717) is 11.1 Å². The number of aliphatic hydroxyl groups is 1. The third-order valence-corrected chi connectivity index (χ3v) is 6.82. The highest BCUT2D eigenvalue weighted by Gasteiger charge is 2.47. The van der Waals surface area contributed by atoms with E-state index in [4.69, 9.17) is 4.84 Å². The number of benzene rings is 1. The van der Waals surface area contributed by atoms with Crippen molar-refractivity contribution in [3.8, 4) is 0 Å². The minimum absolute atomic E-state index is 0.0197. The Morgan fingerprint density at radius 2 is 1.35 bits per heavy atom. The molecule has 7 heteroatoms. The van der Waals surface area contributed by atoms with Gasteiger partial charge in [-0.05, 0) is 91.5 Å². The lowest BCUT2D eigenvalue weighted by molar-refractivity contribution is -0.298. The normalized spacial score (nSPS) is 21.7. The van der Waals surface area contributed by atoms with Crippen LogP contribution in [-0.2, 0) is 4.84 Å². The van der Waals surface area contributed by atoms with Crippen LogP contribution >= 0.6 is 0 Å². The van der Waals surface area contributed by atoms with Crippen molar-refractivity contribution in [2.45, 2.75) is 115 Å². The summed E-state index contributed by atoms with van der Waals surface area (Å²) < 4.78 is 0. The number of hydrogen-bond donors (Lipinski definition) is 3. The van der Waals surface area contributed by atoms with Crippen LogP contribution in [0.5, 0.6) is 0 Å². The molecule has 1 aromatic rings. The Kier molecular flexibility index (Phi) is 8.10. The van der Waals surface area contributed by atoms with E-state index < -0.39 is 5.60 Å². The van der Waals surface area contributed by atoms with Gasteiger partial charge in [-0.15, -0.1) is 0 Å². The average Bonchev–Trinajstić information content (AvgIpc) is 2.72. The third-order valence-electron chi connectivity index (χ3n) is 6.82. The highest BCUT2D eigenvalue weighted by molar-refractivity contribution is 5.98. The van der Waals surface area contributed by atoms with Crippen molar-refractivity contribution in [3.63, 3.8) is 0 Å². The van der Waals surface area contributed by atoms with Gasteiger partial charge in [0.1, 0.15) is 0 Å². The van der Waals surface area contributed by atoms with Gasteiger partial charge in [0, 0.05) is 34.3 Å². The number of carbonyl (C=O) groups excluding carboxylic acids is 2. The van der Waals surface area contributed by atoms with Gasteiger partial charge >= 0.3 is 0 Å². The van der Waals surface area contributed by atoms with Gasteiger partial charge < -0.3 is 15.7 Å². The van der Waals surface area contributed by atoms with Gasteiger partial charge in [0.15, 0.2) is 0 Å². The molecule has 2 aliphatic rings. The van der Waals surface area contributed by atoms with Crippen molar-refractivity contribution in [3.05, 3.63) is 35.4 Å². The van der Waals surface area contributed by atoms with Crippen LogP contribution in [0.1, 0.15) is 107 Å². The molecule has 0 spiro atoms. The summed E-state index contributed by atoms with van der Waals surface area (Å²) in [7, 11) is 0. The van der Waals surface area contributed by atoms with Crippen molar-refractivity contribution < 1.29 is 19.5 Å². The zero-order valence-corrected chi connectivity index (χ0v) is 21.7. The van der Waals surface area contributed by atoms with Crippen LogP contribution in [0.4, 0.5) is 0 Å². The highest BCUT2D eigenvalue weighted by Crippen LogP contribution is 2.39. The minimum Gasteiger partial charge on any atom is -0.388 e. The number of hydrogen-bond acceptors (Lipinski definition) is 5. The second-order valence-corrected chi connectivity index (χ2v) is 12.0. The number of piperidine rings is 1. The van der Waals surface area contributed by atoms with Crippen LogP contribution in [0.3, 0.4) is 0 Å². The molecule has 1 aromatic carbocycles. The summed E-state index contributed by atoms with van der Waals surface area (Å²) in [6.07, 6.45) is 7.11. The number of hydroxylamine groups is 2. The molecule has 190 valence electrons. The van der Waals surface area contributed by atoms with E-state index >= 15 is 0 Å². The van der Waals surface area contributed by atoms with E-state index in [2.05, 4.69) is 38.3 Å². The molecule has 1 aliphatic heterocycles. The third kappa shape index (κ3) is 7.03. The Bertz CT molecular complexity index is 834. The maximum absolute atomic E-state index is 13.0. The Hall–Kier alpha value is -1.96. The fourth-order valence-electron chi connectivity index (χ4n) is 5.49. The van der Waals surface area contributed by atoms with Crippen LogP contribution in [0, 0.1) is 0 Å². The zero-order chi connectivity index (χ0) is 25.1. The lowest BCUT2D eigenvalue weighted by atomic mass is 9.79. The maximum Gasteiger partial charge on any atom is 0.251 e. The molecule has 1 saturated carbocycles. The molecule has 2 amide bonds. The predicted octanol–water partition coefficient (Wildman–Crippen LogP) is 4.20. The fourth-order valence-corrected chi connectivity index (χ4v) is 5.49. The van der Waals surface area contributed by atoms with Crippen LogP contribution in [0.25, 0.3) is 0 Å². The Balaban J connectivity index is 1.59. The first-order valence-electron chi connectivity index (χ1n) is 12.6. The summed E-state index contributed by atoms with van der Waals surface area (Å²) in [4.78, 5) is 31.6. The molecule has 7 nitrogen and oxygen atoms in total. The molecule has 0 aromatic heterocycles. The van der Waals surface area contributed by atoms with Crippen molar-refractivity contribution in [1.82, 2.24) is 15.7 Å². The van der Waals surface area contributed by atoms with Crippen LogP contribution in [0.2, 0.25) is 0 Å². The van der Waals surface area contributed by atoms with E-state index in [1.165, 1.54) is 19.3 Å². The molecule has 0 atom stereocenters. The van der Waals surface area contributed by atoms with Crippen LogP contribution in [0.15, 0.2) is 24.3 Å². The lowest BCUT2D eigenvalue weighted by Gasteiger charge is -2.54. The van der Waals surface area contributed by atoms with E-state index in [-0.39, 0.29) is 41.6 Å². The van der Waals surface area contributed by atoms with Crippen molar-refractivity contribution >= 4 is 11.8 Å². The summed E-state index contributed by atoms with van der Waals surface area (Å²) in [6.45, 7) is 12.0. The van der Waals surface area contributed by atoms with E-state index in [1.54, 1.807) is 38.1 Å². The van der Waals surface area contributed by atoms with Gasteiger partial charge in [-0.1, -0.05) is 19.3 Å². The summed E-state index contributed by atoms with van der Waals surface area (Å²) >= 11 is 0. The van der Waals surface area contributed by atoms with Crippen molar-refractivity contribution in [2.24, 2.45) is 0 Å². The fraction of sp³-hybridized carbons (Fsp3) is 0.704.